The zero-order valence-corrected chi connectivity index (χ0v) is 12.4. The van der Waals surface area contributed by atoms with Gasteiger partial charge in [-0.05, 0) is 43.3 Å². The van der Waals surface area contributed by atoms with Gasteiger partial charge in [0.25, 0.3) is 0 Å². The van der Waals surface area contributed by atoms with E-state index in [0.717, 1.165) is 17.6 Å². The van der Waals surface area contributed by atoms with E-state index in [1.807, 2.05) is 0 Å². The topological polar surface area (TPSA) is 17.0 Å². The Hall–Kier alpha value is -1.06. The minimum Gasteiger partial charge on any atom is -0.346 e. The monoisotopic (exact) mass is 306 g/mol. The SMILES string of the molecule is CCNC(C)c1cccn1Cc1ccc(Br)cc1. The van der Waals surface area contributed by atoms with Gasteiger partial charge in [-0.3, -0.25) is 0 Å². The second kappa shape index (κ2) is 6.21. The van der Waals surface area contributed by atoms with Crippen molar-refractivity contribution in [2.75, 3.05) is 6.54 Å². The Morgan fingerprint density at radius 3 is 2.61 bits per heavy atom. The van der Waals surface area contributed by atoms with Crippen LogP contribution in [0.25, 0.3) is 0 Å². The van der Waals surface area contributed by atoms with Crippen molar-refractivity contribution in [3.05, 3.63) is 58.3 Å². The van der Waals surface area contributed by atoms with Crippen LogP contribution in [0.2, 0.25) is 0 Å². The summed E-state index contributed by atoms with van der Waals surface area (Å²) in [6.07, 6.45) is 2.14. The highest BCUT2D eigenvalue weighted by Crippen LogP contribution is 2.16. The highest BCUT2D eigenvalue weighted by atomic mass is 79.9. The molecule has 1 atom stereocenters. The van der Waals surface area contributed by atoms with Gasteiger partial charge >= 0.3 is 0 Å². The number of hydrogen-bond acceptors (Lipinski definition) is 1. The highest BCUT2D eigenvalue weighted by molar-refractivity contribution is 9.10. The average molecular weight is 307 g/mol. The van der Waals surface area contributed by atoms with Gasteiger partial charge in [-0.15, -0.1) is 0 Å². The summed E-state index contributed by atoms with van der Waals surface area (Å²) in [6, 6.07) is 13.2. The molecule has 0 bridgehead atoms. The van der Waals surface area contributed by atoms with Crippen molar-refractivity contribution in [3.8, 4) is 0 Å². The molecule has 2 aromatic rings. The predicted molar refractivity (Wildman–Crippen MR) is 79.8 cm³/mol. The lowest BCUT2D eigenvalue weighted by atomic mass is 10.2. The second-order valence-corrected chi connectivity index (χ2v) is 5.38. The number of nitrogens with zero attached hydrogens (tertiary/aromatic N) is 1. The number of rotatable bonds is 5. The maximum atomic E-state index is 3.46. The molecule has 1 heterocycles. The summed E-state index contributed by atoms with van der Waals surface area (Å²) in [5.41, 5.74) is 2.65. The van der Waals surface area contributed by atoms with Gasteiger partial charge in [0.2, 0.25) is 0 Å². The van der Waals surface area contributed by atoms with Crippen LogP contribution in [0.5, 0.6) is 0 Å². The molecule has 0 radical (unpaired) electrons. The normalized spacial score (nSPS) is 12.6. The summed E-state index contributed by atoms with van der Waals surface area (Å²) in [4.78, 5) is 0. The summed E-state index contributed by atoms with van der Waals surface area (Å²) in [6.45, 7) is 6.26. The van der Waals surface area contributed by atoms with E-state index in [4.69, 9.17) is 0 Å². The summed E-state index contributed by atoms with van der Waals surface area (Å²) in [7, 11) is 0. The molecule has 1 N–H and O–H groups in total. The third-order valence-corrected chi connectivity index (χ3v) is 3.61. The van der Waals surface area contributed by atoms with Crippen molar-refractivity contribution < 1.29 is 0 Å². The molecule has 0 aliphatic heterocycles. The van der Waals surface area contributed by atoms with Gasteiger partial charge < -0.3 is 9.88 Å². The first-order chi connectivity index (χ1) is 8.70. The zero-order chi connectivity index (χ0) is 13.0. The van der Waals surface area contributed by atoms with Crippen molar-refractivity contribution in [2.24, 2.45) is 0 Å². The Morgan fingerprint density at radius 1 is 1.22 bits per heavy atom. The lowest BCUT2D eigenvalue weighted by Gasteiger charge is -2.16. The standard InChI is InChI=1S/C15H19BrN2/c1-3-17-12(2)15-5-4-10-18(15)11-13-6-8-14(16)9-7-13/h4-10,12,17H,3,11H2,1-2H3. The first kappa shape index (κ1) is 13.4. The van der Waals surface area contributed by atoms with E-state index < -0.39 is 0 Å². The van der Waals surface area contributed by atoms with Crippen LogP contribution in [0.4, 0.5) is 0 Å². The molecule has 0 aliphatic carbocycles. The van der Waals surface area contributed by atoms with Crippen LogP contribution in [0, 0.1) is 0 Å². The predicted octanol–water partition coefficient (Wildman–Crippen LogP) is 3.97. The molecule has 0 spiro atoms. The molecule has 0 saturated heterocycles. The van der Waals surface area contributed by atoms with E-state index in [9.17, 15) is 0 Å². The number of nitrogens with one attached hydrogen (secondary N) is 1. The lowest BCUT2D eigenvalue weighted by molar-refractivity contribution is 0.553. The minimum absolute atomic E-state index is 0.389. The number of aromatic nitrogens is 1. The average Bonchev–Trinajstić information content (AvgIpc) is 2.81. The van der Waals surface area contributed by atoms with Gasteiger partial charge in [-0.1, -0.05) is 35.0 Å². The van der Waals surface area contributed by atoms with Crippen LogP contribution in [-0.2, 0) is 6.54 Å². The maximum absolute atomic E-state index is 3.46. The van der Waals surface area contributed by atoms with E-state index in [-0.39, 0.29) is 0 Å². The van der Waals surface area contributed by atoms with Crippen molar-refractivity contribution in [2.45, 2.75) is 26.4 Å². The molecule has 0 saturated carbocycles. The third kappa shape index (κ3) is 3.24. The van der Waals surface area contributed by atoms with Crippen LogP contribution >= 0.6 is 15.9 Å². The largest absolute Gasteiger partial charge is 0.346 e. The second-order valence-electron chi connectivity index (χ2n) is 4.47. The molecule has 2 nitrogen and oxygen atoms in total. The molecule has 0 amide bonds. The van der Waals surface area contributed by atoms with Crippen LogP contribution < -0.4 is 5.32 Å². The molecular weight excluding hydrogens is 288 g/mol. The van der Waals surface area contributed by atoms with Gasteiger partial charge in [0.1, 0.15) is 0 Å². The highest BCUT2D eigenvalue weighted by Gasteiger charge is 2.08. The van der Waals surface area contributed by atoms with Crippen LogP contribution in [0.1, 0.15) is 31.1 Å². The van der Waals surface area contributed by atoms with E-state index in [0.29, 0.717) is 6.04 Å². The summed E-state index contributed by atoms with van der Waals surface area (Å²) in [5, 5.41) is 3.45. The van der Waals surface area contributed by atoms with E-state index in [1.165, 1.54) is 11.3 Å². The number of hydrogen-bond donors (Lipinski definition) is 1. The molecule has 2 rings (SSSR count). The van der Waals surface area contributed by atoms with Crippen molar-refractivity contribution in [3.63, 3.8) is 0 Å². The Morgan fingerprint density at radius 2 is 1.94 bits per heavy atom. The van der Waals surface area contributed by atoms with Crippen molar-refractivity contribution >= 4 is 15.9 Å². The zero-order valence-electron chi connectivity index (χ0n) is 10.9. The molecule has 0 fully saturated rings. The summed E-state index contributed by atoms with van der Waals surface area (Å²) >= 11 is 3.46. The molecular formula is C15H19BrN2. The van der Waals surface area contributed by atoms with Gasteiger partial charge in [-0.25, -0.2) is 0 Å². The van der Waals surface area contributed by atoms with Crippen LogP contribution in [0.15, 0.2) is 47.1 Å². The number of benzene rings is 1. The van der Waals surface area contributed by atoms with E-state index in [1.54, 1.807) is 0 Å². The molecule has 0 aliphatic rings. The Labute approximate surface area is 117 Å². The maximum Gasteiger partial charge on any atom is 0.0473 e. The van der Waals surface area contributed by atoms with Crippen molar-refractivity contribution in [1.29, 1.82) is 0 Å². The lowest BCUT2D eigenvalue weighted by Crippen LogP contribution is -2.20. The smallest absolute Gasteiger partial charge is 0.0473 e. The molecule has 1 unspecified atom stereocenters. The summed E-state index contributed by atoms with van der Waals surface area (Å²) in [5.74, 6) is 0. The van der Waals surface area contributed by atoms with Gasteiger partial charge in [0.15, 0.2) is 0 Å². The summed E-state index contributed by atoms with van der Waals surface area (Å²) < 4.78 is 3.43. The molecule has 1 aromatic carbocycles. The van der Waals surface area contributed by atoms with Crippen LogP contribution in [0.3, 0.4) is 0 Å². The van der Waals surface area contributed by atoms with E-state index >= 15 is 0 Å². The van der Waals surface area contributed by atoms with Gasteiger partial charge in [0.05, 0.1) is 0 Å². The Kier molecular flexibility index (Phi) is 4.61. The Balaban J connectivity index is 2.14. The fraction of sp³-hybridized carbons (Fsp3) is 0.333. The van der Waals surface area contributed by atoms with Gasteiger partial charge in [-0.2, -0.15) is 0 Å². The fourth-order valence-electron chi connectivity index (χ4n) is 2.16. The fourth-order valence-corrected chi connectivity index (χ4v) is 2.43. The Bertz CT molecular complexity index is 487. The third-order valence-electron chi connectivity index (χ3n) is 3.08. The van der Waals surface area contributed by atoms with Crippen molar-refractivity contribution in [1.82, 2.24) is 9.88 Å². The van der Waals surface area contributed by atoms with E-state index in [2.05, 4.69) is 82.3 Å². The molecule has 1 aromatic heterocycles. The van der Waals surface area contributed by atoms with Crippen LogP contribution in [-0.4, -0.2) is 11.1 Å². The molecule has 18 heavy (non-hydrogen) atoms. The quantitative estimate of drug-likeness (QED) is 0.884. The number of halogens is 1. The first-order valence-electron chi connectivity index (χ1n) is 6.33. The minimum atomic E-state index is 0.389. The first-order valence-corrected chi connectivity index (χ1v) is 7.13. The van der Waals surface area contributed by atoms with Gasteiger partial charge in [0, 0.05) is 29.0 Å². The molecule has 96 valence electrons. The molecule has 3 heteroatoms.